The van der Waals surface area contributed by atoms with Crippen molar-refractivity contribution in [2.24, 2.45) is 0 Å². The smallest absolute Gasteiger partial charge is 0.508 e. The standard InChI is InChI=1S/C22H31N3O3S.C2H6.CH3.Cs/c1-3-6-19(4-2)25-13-11-24(12-14-25)17-18-9-10-22(23-16-18)29(27,28)21-8-5-7-20(26)15-21;1-2;;/h5,7-10,15-16,19,26H,3-4,6,11-14,17H2,1-2H3;1-2H3;1H3;/q;;-1;+1. The Kier molecular flexibility index (Phi) is 16.8. The second-order valence-electron chi connectivity index (χ2n) is 7.67. The monoisotopic (exact) mass is 595 g/mol. The summed E-state index contributed by atoms with van der Waals surface area (Å²) in [6.07, 6.45) is 5.33. The Hall–Kier alpha value is 0.0919. The average molecular weight is 596 g/mol. The van der Waals surface area contributed by atoms with Crippen LogP contribution in [0.5, 0.6) is 5.75 Å². The molecule has 8 heteroatoms. The second-order valence-corrected chi connectivity index (χ2v) is 9.56. The molecule has 1 fully saturated rings. The number of phenols is 1. The molecular formula is C25H40CsN3O3S. The van der Waals surface area contributed by atoms with E-state index in [1.165, 1.54) is 43.5 Å². The minimum atomic E-state index is -3.73. The fourth-order valence-corrected chi connectivity index (χ4v) is 5.17. The summed E-state index contributed by atoms with van der Waals surface area (Å²) in [5, 5.41) is 9.56. The van der Waals surface area contributed by atoms with Crippen LogP contribution in [0.15, 0.2) is 52.5 Å². The molecule has 3 rings (SSSR count). The zero-order valence-corrected chi connectivity index (χ0v) is 28.4. The topological polar surface area (TPSA) is 73.7 Å². The van der Waals surface area contributed by atoms with Crippen molar-refractivity contribution in [1.29, 1.82) is 0 Å². The first kappa shape index (κ1) is 33.1. The first-order chi connectivity index (χ1) is 14.9. The van der Waals surface area contributed by atoms with Crippen molar-refractivity contribution in [2.75, 3.05) is 26.2 Å². The molecule has 180 valence electrons. The molecule has 1 aromatic heterocycles. The van der Waals surface area contributed by atoms with E-state index in [9.17, 15) is 13.5 Å². The Morgan fingerprint density at radius 3 is 2.24 bits per heavy atom. The molecule has 1 aliphatic rings. The zero-order chi connectivity index (χ0) is 22.9. The van der Waals surface area contributed by atoms with Gasteiger partial charge in [-0.05, 0) is 42.7 Å². The number of rotatable bonds is 8. The molecule has 1 saturated heterocycles. The number of nitrogens with zero attached hydrogens (tertiary/aromatic N) is 3. The minimum absolute atomic E-state index is 0. The Balaban J connectivity index is 0.00000249. The van der Waals surface area contributed by atoms with E-state index >= 15 is 0 Å². The minimum Gasteiger partial charge on any atom is -0.508 e. The summed E-state index contributed by atoms with van der Waals surface area (Å²) in [4.78, 5) is 9.24. The first-order valence-corrected chi connectivity index (χ1v) is 12.9. The maximum atomic E-state index is 12.7. The average Bonchev–Trinajstić information content (AvgIpc) is 2.80. The summed E-state index contributed by atoms with van der Waals surface area (Å²) in [5.74, 6) is -0.0777. The van der Waals surface area contributed by atoms with Gasteiger partial charge in [-0.15, -0.1) is 0 Å². The van der Waals surface area contributed by atoms with Crippen LogP contribution >= 0.6 is 0 Å². The number of aromatic hydroxyl groups is 1. The number of phenolic OH excluding ortho intramolecular Hbond substituents is 1. The van der Waals surface area contributed by atoms with E-state index in [1.54, 1.807) is 12.3 Å². The van der Waals surface area contributed by atoms with Gasteiger partial charge in [0.2, 0.25) is 9.84 Å². The number of hydrogen-bond donors (Lipinski definition) is 1. The van der Waals surface area contributed by atoms with Gasteiger partial charge in [-0.25, -0.2) is 13.4 Å². The van der Waals surface area contributed by atoms with Gasteiger partial charge in [-0.2, -0.15) is 0 Å². The molecule has 2 aromatic rings. The van der Waals surface area contributed by atoms with Crippen LogP contribution < -0.4 is 68.9 Å². The van der Waals surface area contributed by atoms with Gasteiger partial charge in [0.15, 0.2) is 5.03 Å². The maximum absolute atomic E-state index is 12.7. The van der Waals surface area contributed by atoms with E-state index in [2.05, 4.69) is 28.6 Å². The summed E-state index contributed by atoms with van der Waals surface area (Å²) in [6, 6.07) is 9.74. The molecule has 1 N–H and O–H groups in total. The molecule has 0 aliphatic carbocycles. The van der Waals surface area contributed by atoms with Gasteiger partial charge in [0.05, 0.1) is 4.90 Å². The summed E-state index contributed by atoms with van der Waals surface area (Å²) >= 11 is 0. The third-order valence-electron chi connectivity index (χ3n) is 5.62. The van der Waals surface area contributed by atoms with Gasteiger partial charge in [-0.3, -0.25) is 9.80 Å². The quantitative estimate of drug-likeness (QED) is 0.470. The molecule has 0 amide bonds. The second kappa shape index (κ2) is 16.7. The number of sulfone groups is 1. The molecule has 2 heterocycles. The number of pyridine rings is 1. The van der Waals surface area contributed by atoms with E-state index < -0.39 is 9.84 Å². The van der Waals surface area contributed by atoms with Crippen LogP contribution in [0.1, 0.15) is 52.5 Å². The van der Waals surface area contributed by atoms with Crippen molar-refractivity contribution in [3.63, 3.8) is 0 Å². The fraction of sp³-hybridized carbons (Fsp3) is 0.520. The van der Waals surface area contributed by atoms with Crippen molar-refractivity contribution in [1.82, 2.24) is 14.8 Å². The number of piperazine rings is 1. The number of benzene rings is 1. The number of aromatic nitrogens is 1. The van der Waals surface area contributed by atoms with Crippen LogP contribution in [0.3, 0.4) is 0 Å². The van der Waals surface area contributed by atoms with Crippen molar-refractivity contribution in [3.05, 3.63) is 55.6 Å². The third-order valence-corrected chi connectivity index (χ3v) is 7.29. The van der Waals surface area contributed by atoms with Gasteiger partial charge in [0.1, 0.15) is 5.75 Å². The number of hydrogen-bond acceptors (Lipinski definition) is 6. The summed E-state index contributed by atoms with van der Waals surface area (Å²) < 4.78 is 25.4. The van der Waals surface area contributed by atoms with E-state index in [1.807, 2.05) is 19.9 Å². The van der Waals surface area contributed by atoms with Crippen molar-refractivity contribution >= 4 is 9.84 Å². The van der Waals surface area contributed by atoms with Gasteiger partial charge in [-0.1, -0.05) is 46.2 Å². The van der Waals surface area contributed by atoms with Gasteiger partial charge < -0.3 is 12.5 Å². The maximum Gasteiger partial charge on any atom is 1.00 e. The predicted molar refractivity (Wildman–Crippen MR) is 131 cm³/mol. The van der Waals surface area contributed by atoms with Crippen LogP contribution in [0.2, 0.25) is 0 Å². The third kappa shape index (κ3) is 9.57. The van der Waals surface area contributed by atoms with Gasteiger partial charge in [0, 0.05) is 45.0 Å². The van der Waals surface area contributed by atoms with E-state index in [4.69, 9.17) is 0 Å². The Morgan fingerprint density at radius 1 is 1.06 bits per heavy atom. The van der Waals surface area contributed by atoms with Crippen molar-refractivity contribution < 1.29 is 82.4 Å². The van der Waals surface area contributed by atoms with E-state index in [0.717, 1.165) is 38.3 Å². The molecule has 0 saturated carbocycles. The molecule has 0 spiro atoms. The Bertz CT molecular complexity index is 899. The van der Waals surface area contributed by atoms with Crippen LogP contribution in [0, 0.1) is 7.43 Å². The van der Waals surface area contributed by atoms with Crippen molar-refractivity contribution in [2.45, 2.75) is 69.5 Å². The Morgan fingerprint density at radius 2 is 1.73 bits per heavy atom. The predicted octanol–water partition coefficient (Wildman–Crippen LogP) is 1.80. The zero-order valence-electron chi connectivity index (χ0n) is 21.3. The van der Waals surface area contributed by atoms with E-state index in [-0.39, 0.29) is 92.0 Å². The van der Waals surface area contributed by atoms with Crippen LogP contribution in [0.25, 0.3) is 0 Å². The molecule has 1 unspecified atom stereocenters. The molecular weight excluding hydrogens is 555 g/mol. The molecule has 0 bridgehead atoms. The Labute approximate surface area is 260 Å². The van der Waals surface area contributed by atoms with Gasteiger partial charge >= 0.3 is 68.9 Å². The molecule has 0 radical (unpaired) electrons. The first-order valence-electron chi connectivity index (χ1n) is 11.4. The largest absolute Gasteiger partial charge is 1.00 e. The summed E-state index contributed by atoms with van der Waals surface area (Å²) in [7, 11) is -3.73. The van der Waals surface area contributed by atoms with Crippen LogP contribution in [0.4, 0.5) is 0 Å². The van der Waals surface area contributed by atoms with Gasteiger partial charge in [0.25, 0.3) is 0 Å². The molecule has 1 aromatic carbocycles. The molecule has 33 heavy (non-hydrogen) atoms. The molecule has 6 nitrogen and oxygen atoms in total. The van der Waals surface area contributed by atoms with E-state index in [0.29, 0.717) is 6.04 Å². The van der Waals surface area contributed by atoms with Crippen molar-refractivity contribution in [3.8, 4) is 5.75 Å². The SMILES string of the molecule is CC.CCCC(CC)N1CCN(Cc2ccc(S(=O)(=O)c3cccc(O)c3)nc2)CC1.[CH3-].[Cs+]. The molecule has 1 atom stereocenters. The summed E-state index contributed by atoms with van der Waals surface area (Å²) in [6.45, 7) is 13.5. The van der Waals surface area contributed by atoms with Crippen LogP contribution in [-0.4, -0.2) is 60.5 Å². The fourth-order valence-electron chi connectivity index (χ4n) is 3.96. The normalized spacial score (nSPS) is 15.4. The van der Waals surface area contributed by atoms with Crippen LogP contribution in [-0.2, 0) is 16.4 Å². The molecule has 1 aliphatic heterocycles. The summed E-state index contributed by atoms with van der Waals surface area (Å²) in [5.41, 5.74) is 1.01.